The minimum Gasteiger partial charge on any atom is -0.497 e. The molecule has 1 aromatic rings. The molecule has 0 aromatic heterocycles. The van der Waals surface area contributed by atoms with Crippen LogP contribution < -0.4 is 14.8 Å². The monoisotopic (exact) mass is 310 g/mol. The molecule has 0 unspecified atom stereocenters. The Labute approximate surface area is 132 Å². The zero-order valence-corrected chi connectivity index (χ0v) is 13.6. The van der Waals surface area contributed by atoms with Crippen LogP contribution in [0.15, 0.2) is 24.3 Å². The number of carbonyl (C=O) groups excluding carboxylic acids is 1. The van der Waals surface area contributed by atoms with Crippen molar-refractivity contribution in [2.45, 2.75) is 6.42 Å². The highest BCUT2D eigenvalue weighted by molar-refractivity contribution is 5.75. The number of carbonyl (C=O) groups is 1. The number of methoxy groups -OCH3 is 2. The van der Waals surface area contributed by atoms with Crippen molar-refractivity contribution in [1.29, 1.82) is 0 Å². The summed E-state index contributed by atoms with van der Waals surface area (Å²) in [5, 5.41) is 2.87. The Bertz CT molecular complexity index is 423. The first-order valence-corrected chi connectivity index (χ1v) is 7.36. The lowest BCUT2D eigenvalue weighted by Crippen LogP contribution is -2.34. The first kappa shape index (κ1) is 18.3. The van der Waals surface area contributed by atoms with E-state index < -0.39 is 0 Å². The van der Waals surface area contributed by atoms with Crippen LogP contribution in [0.4, 0.5) is 0 Å². The van der Waals surface area contributed by atoms with E-state index in [1.54, 1.807) is 14.2 Å². The molecule has 1 rings (SSSR count). The Morgan fingerprint density at radius 1 is 1.09 bits per heavy atom. The average Bonchev–Trinajstić information content (AvgIpc) is 2.53. The molecule has 1 amide bonds. The quantitative estimate of drug-likeness (QED) is 0.664. The van der Waals surface area contributed by atoms with E-state index in [4.69, 9.17) is 14.2 Å². The van der Waals surface area contributed by atoms with Gasteiger partial charge in [0.15, 0.2) is 0 Å². The summed E-state index contributed by atoms with van der Waals surface area (Å²) in [5.41, 5.74) is 0. The van der Waals surface area contributed by atoms with Gasteiger partial charge in [-0.1, -0.05) is 0 Å². The highest BCUT2D eigenvalue weighted by Gasteiger charge is 2.03. The van der Waals surface area contributed by atoms with Crippen molar-refractivity contribution in [3.8, 4) is 11.5 Å². The fourth-order valence-corrected chi connectivity index (χ4v) is 1.77. The van der Waals surface area contributed by atoms with Gasteiger partial charge >= 0.3 is 0 Å². The third-order valence-electron chi connectivity index (χ3n) is 3.15. The average molecular weight is 310 g/mol. The summed E-state index contributed by atoms with van der Waals surface area (Å²) in [6.45, 7) is 3.33. The minimum atomic E-state index is -0.00588. The fourth-order valence-electron chi connectivity index (χ4n) is 1.77. The molecule has 0 saturated heterocycles. The van der Waals surface area contributed by atoms with E-state index in [-0.39, 0.29) is 5.91 Å². The van der Waals surface area contributed by atoms with Crippen LogP contribution in [0.3, 0.4) is 0 Å². The first-order chi connectivity index (χ1) is 10.7. The molecule has 124 valence electrons. The summed E-state index contributed by atoms with van der Waals surface area (Å²) in [6.07, 6.45) is 0.341. The predicted octanol–water partition coefficient (Wildman–Crippen LogP) is 1.16. The van der Waals surface area contributed by atoms with Gasteiger partial charge in [0.1, 0.15) is 11.5 Å². The Hall–Kier alpha value is -1.79. The van der Waals surface area contributed by atoms with E-state index in [0.29, 0.717) is 26.2 Å². The van der Waals surface area contributed by atoms with Crippen LogP contribution in [0.25, 0.3) is 0 Å². The summed E-state index contributed by atoms with van der Waals surface area (Å²) in [4.78, 5) is 13.8. The maximum Gasteiger partial charge on any atom is 0.223 e. The lowest BCUT2D eigenvalue weighted by molar-refractivity contribution is -0.121. The molecule has 0 fully saturated rings. The molecule has 0 spiro atoms. The Kier molecular flexibility index (Phi) is 9.02. The highest BCUT2D eigenvalue weighted by Crippen LogP contribution is 2.16. The standard InChI is InChI=1S/C16H26N2O4/c1-18(11-13-20-2)10-9-17-16(19)8-12-22-15-6-4-14(21-3)5-7-15/h4-7H,8-13H2,1-3H3,(H,17,19). The normalized spacial score (nSPS) is 10.5. The molecule has 22 heavy (non-hydrogen) atoms. The molecular formula is C16H26N2O4. The summed E-state index contributed by atoms with van der Waals surface area (Å²) in [7, 11) is 5.29. The molecule has 6 nitrogen and oxygen atoms in total. The van der Waals surface area contributed by atoms with E-state index in [9.17, 15) is 4.79 Å². The van der Waals surface area contributed by atoms with Crippen molar-refractivity contribution in [1.82, 2.24) is 10.2 Å². The van der Waals surface area contributed by atoms with Crippen LogP contribution in [0.1, 0.15) is 6.42 Å². The molecule has 6 heteroatoms. The van der Waals surface area contributed by atoms with Gasteiger partial charge in [-0.2, -0.15) is 0 Å². The molecule has 0 aliphatic rings. The van der Waals surface area contributed by atoms with Crippen LogP contribution in [-0.4, -0.2) is 64.9 Å². The zero-order valence-electron chi connectivity index (χ0n) is 13.6. The van der Waals surface area contributed by atoms with Gasteiger partial charge < -0.3 is 24.4 Å². The summed E-state index contributed by atoms with van der Waals surface area (Å²) in [6, 6.07) is 7.29. The van der Waals surface area contributed by atoms with Gasteiger partial charge in [0.05, 0.1) is 26.7 Å². The van der Waals surface area contributed by atoms with Crippen LogP contribution >= 0.6 is 0 Å². The maximum absolute atomic E-state index is 11.7. The third kappa shape index (κ3) is 7.85. The number of benzene rings is 1. The molecule has 0 atom stereocenters. The van der Waals surface area contributed by atoms with Gasteiger partial charge in [0.25, 0.3) is 0 Å². The number of amides is 1. The van der Waals surface area contributed by atoms with Crippen LogP contribution in [-0.2, 0) is 9.53 Å². The highest BCUT2D eigenvalue weighted by atomic mass is 16.5. The smallest absolute Gasteiger partial charge is 0.223 e. The van der Waals surface area contributed by atoms with E-state index >= 15 is 0 Å². The van der Waals surface area contributed by atoms with Crippen LogP contribution in [0.2, 0.25) is 0 Å². The topological polar surface area (TPSA) is 60.0 Å². The van der Waals surface area contributed by atoms with Gasteiger partial charge in [-0.05, 0) is 31.3 Å². The Balaban J connectivity index is 2.10. The van der Waals surface area contributed by atoms with E-state index in [0.717, 1.165) is 24.6 Å². The largest absolute Gasteiger partial charge is 0.497 e. The second-order valence-corrected chi connectivity index (χ2v) is 4.92. The molecule has 0 saturated carbocycles. The lowest BCUT2D eigenvalue weighted by Gasteiger charge is -2.16. The number of nitrogens with zero attached hydrogens (tertiary/aromatic N) is 1. The van der Waals surface area contributed by atoms with Crippen LogP contribution in [0, 0.1) is 0 Å². The summed E-state index contributed by atoms with van der Waals surface area (Å²) < 4.78 is 15.6. The number of ether oxygens (including phenoxy) is 3. The predicted molar refractivity (Wildman–Crippen MR) is 85.5 cm³/mol. The van der Waals surface area contributed by atoms with Gasteiger partial charge in [-0.3, -0.25) is 4.79 Å². The van der Waals surface area contributed by atoms with Gasteiger partial charge in [0.2, 0.25) is 5.91 Å². The first-order valence-electron chi connectivity index (χ1n) is 7.36. The fraction of sp³-hybridized carbons (Fsp3) is 0.562. The lowest BCUT2D eigenvalue weighted by atomic mass is 10.3. The minimum absolute atomic E-state index is 0.00588. The second-order valence-electron chi connectivity index (χ2n) is 4.92. The molecule has 0 aliphatic heterocycles. The van der Waals surface area contributed by atoms with Crippen molar-refractivity contribution in [2.75, 3.05) is 54.1 Å². The molecule has 1 N–H and O–H groups in total. The van der Waals surface area contributed by atoms with E-state index in [2.05, 4.69) is 10.2 Å². The number of rotatable bonds is 11. The van der Waals surface area contributed by atoms with Crippen molar-refractivity contribution < 1.29 is 19.0 Å². The Morgan fingerprint density at radius 3 is 2.41 bits per heavy atom. The SMILES string of the molecule is COCCN(C)CCNC(=O)CCOc1ccc(OC)cc1. The van der Waals surface area contributed by atoms with Crippen molar-refractivity contribution in [3.63, 3.8) is 0 Å². The second kappa shape index (κ2) is 10.9. The summed E-state index contributed by atoms with van der Waals surface area (Å²) >= 11 is 0. The molecule has 1 aromatic carbocycles. The van der Waals surface area contributed by atoms with Crippen molar-refractivity contribution >= 4 is 5.91 Å². The van der Waals surface area contributed by atoms with Gasteiger partial charge in [0, 0.05) is 26.7 Å². The molecule has 0 bridgehead atoms. The Morgan fingerprint density at radius 2 is 1.77 bits per heavy atom. The zero-order chi connectivity index (χ0) is 16.2. The van der Waals surface area contributed by atoms with Gasteiger partial charge in [-0.15, -0.1) is 0 Å². The van der Waals surface area contributed by atoms with E-state index in [1.807, 2.05) is 31.3 Å². The molecule has 0 radical (unpaired) electrons. The molecular weight excluding hydrogens is 284 g/mol. The van der Waals surface area contributed by atoms with Crippen LogP contribution in [0.5, 0.6) is 11.5 Å². The molecule has 0 heterocycles. The number of hydrogen-bond donors (Lipinski definition) is 1. The van der Waals surface area contributed by atoms with Gasteiger partial charge in [-0.25, -0.2) is 0 Å². The van der Waals surface area contributed by atoms with E-state index in [1.165, 1.54) is 0 Å². The van der Waals surface area contributed by atoms with Crippen molar-refractivity contribution in [2.24, 2.45) is 0 Å². The summed E-state index contributed by atoms with van der Waals surface area (Å²) in [5.74, 6) is 1.50. The maximum atomic E-state index is 11.7. The van der Waals surface area contributed by atoms with Crippen molar-refractivity contribution in [3.05, 3.63) is 24.3 Å². The number of nitrogens with one attached hydrogen (secondary N) is 1. The third-order valence-corrected chi connectivity index (χ3v) is 3.15. The molecule has 0 aliphatic carbocycles. The number of hydrogen-bond acceptors (Lipinski definition) is 5. The number of likely N-dealkylation sites (N-methyl/N-ethyl adjacent to an activating group) is 1.